The number of carbonyl (C=O) groups excluding carboxylic acids is 1. The van der Waals surface area contributed by atoms with Crippen LogP contribution in [0.4, 0.5) is 0 Å². The van der Waals surface area contributed by atoms with Crippen LogP contribution < -0.4 is 0 Å². The van der Waals surface area contributed by atoms with E-state index in [9.17, 15) is 20.1 Å². The molecule has 0 rings (SSSR count). The number of carbonyl (C=O) groups is 1. The lowest BCUT2D eigenvalue weighted by atomic mass is 10.0. The van der Waals surface area contributed by atoms with Crippen molar-refractivity contribution in [1.29, 1.82) is 0 Å². The molecule has 4 unspecified atom stereocenters. The highest BCUT2D eigenvalue weighted by atomic mass is 16.6. The number of hydrogen-bond acceptors (Lipinski definition) is 10. The summed E-state index contributed by atoms with van der Waals surface area (Å²) < 4.78 is 15.1. The normalized spacial score (nSPS) is 14.8. The monoisotopic (exact) mass is 536 g/mol. The molecule has 4 atom stereocenters. The van der Waals surface area contributed by atoms with Crippen molar-refractivity contribution < 1.29 is 49.4 Å². The van der Waals surface area contributed by atoms with Gasteiger partial charge in [0, 0.05) is 6.42 Å². The van der Waals surface area contributed by atoms with Crippen molar-refractivity contribution in [1.82, 2.24) is 0 Å². The van der Waals surface area contributed by atoms with Gasteiger partial charge in [0.1, 0.15) is 12.2 Å². The van der Waals surface area contributed by atoms with Gasteiger partial charge in [-0.15, -0.1) is 0 Å². The number of esters is 1. The van der Waals surface area contributed by atoms with Crippen LogP contribution in [0.5, 0.6) is 0 Å². The van der Waals surface area contributed by atoms with E-state index in [0.717, 1.165) is 19.3 Å². The highest BCUT2D eigenvalue weighted by molar-refractivity contribution is 6.32. The number of ether oxygens (including phenoxy) is 2. The van der Waals surface area contributed by atoms with E-state index in [4.69, 9.17) is 29.3 Å². The van der Waals surface area contributed by atoms with E-state index in [1.807, 2.05) is 0 Å². The summed E-state index contributed by atoms with van der Waals surface area (Å²) in [6.45, 7) is 0.714. The van der Waals surface area contributed by atoms with E-state index >= 15 is 0 Å². The second kappa shape index (κ2) is 25.5. The summed E-state index contributed by atoms with van der Waals surface area (Å²) in [6, 6.07) is 0. The van der Waals surface area contributed by atoms with Crippen LogP contribution in [-0.2, 0) is 18.9 Å². The van der Waals surface area contributed by atoms with Crippen molar-refractivity contribution in [3.63, 3.8) is 0 Å². The lowest BCUT2D eigenvalue weighted by molar-refractivity contribution is -0.179. The fraction of sp³-hybridized carbons (Fsp3) is 0.962. The third-order valence-corrected chi connectivity index (χ3v) is 6.37. The van der Waals surface area contributed by atoms with Gasteiger partial charge >= 0.3 is 13.3 Å². The van der Waals surface area contributed by atoms with Crippen molar-refractivity contribution in [2.24, 2.45) is 0 Å². The summed E-state index contributed by atoms with van der Waals surface area (Å²) in [5.74, 6) is -0.522. The highest BCUT2D eigenvalue weighted by Gasteiger charge is 2.30. The van der Waals surface area contributed by atoms with Gasteiger partial charge in [-0.1, -0.05) is 96.8 Å². The third-order valence-electron chi connectivity index (χ3n) is 6.37. The maximum atomic E-state index is 12.2. The molecule has 220 valence electrons. The molecular formula is C26H53BO10. The molecule has 0 amide bonds. The second-order valence-corrected chi connectivity index (χ2v) is 9.71. The van der Waals surface area contributed by atoms with E-state index in [0.29, 0.717) is 6.42 Å². The maximum absolute atomic E-state index is 12.2. The van der Waals surface area contributed by atoms with E-state index < -0.39 is 51.1 Å². The first-order valence-corrected chi connectivity index (χ1v) is 14.3. The molecule has 0 spiro atoms. The van der Waals surface area contributed by atoms with Gasteiger partial charge in [-0.2, -0.15) is 0 Å². The van der Waals surface area contributed by atoms with Crippen LogP contribution in [-0.4, -0.2) is 88.2 Å². The largest absolute Gasteiger partial charge is 0.634 e. The number of aliphatic hydroxyl groups excluding tert-OH is 4. The zero-order chi connectivity index (χ0) is 27.7. The fourth-order valence-electron chi connectivity index (χ4n) is 4.10. The van der Waals surface area contributed by atoms with Gasteiger partial charge in [0.05, 0.1) is 25.9 Å². The van der Waals surface area contributed by atoms with Crippen LogP contribution in [0.3, 0.4) is 0 Å². The zero-order valence-corrected chi connectivity index (χ0v) is 22.8. The van der Waals surface area contributed by atoms with Crippen LogP contribution in [0.25, 0.3) is 0 Å². The minimum absolute atomic E-state index is 0.0791. The summed E-state index contributed by atoms with van der Waals surface area (Å²) >= 11 is 0. The fourth-order valence-corrected chi connectivity index (χ4v) is 4.10. The smallest absolute Gasteiger partial charge is 0.457 e. The number of aliphatic hydroxyl groups is 4. The average molecular weight is 537 g/mol. The quantitative estimate of drug-likeness (QED) is 0.0398. The van der Waals surface area contributed by atoms with Crippen LogP contribution in [0.15, 0.2) is 0 Å². The van der Waals surface area contributed by atoms with Gasteiger partial charge in [-0.25, -0.2) is 0 Å². The van der Waals surface area contributed by atoms with Gasteiger partial charge < -0.3 is 44.6 Å². The van der Waals surface area contributed by atoms with Crippen LogP contribution in [0, 0.1) is 0 Å². The van der Waals surface area contributed by atoms with E-state index in [-0.39, 0.29) is 19.4 Å². The minimum atomic E-state index is -2.17. The number of rotatable bonds is 27. The van der Waals surface area contributed by atoms with Gasteiger partial charge in [0.2, 0.25) is 0 Å². The summed E-state index contributed by atoms with van der Waals surface area (Å²) in [4.78, 5) is 12.2. The Morgan fingerprint density at radius 3 is 1.65 bits per heavy atom. The molecule has 0 aromatic carbocycles. The average Bonchev–Trinajstić information content (AvgIpc) is 2.88. The van der Waals surface area contributed by atoms with Crippen LogP contribution in [0.2, 0.25) is 0 Å². The standard InChI is InChI=1S/C26H53BO10/c1-2-3-4-5-6-7-8-9-10-11-12-13-14-15-16-17-25(31)36-24(21-29)23(37-27(33)34)18-19-35-26(32)22(30)20-28/h22-24,26,28-30,32-34H,2-21H2,1H3. The van der Waals surface area contributed by atoms with Crippen molar-refractivity contribution in [3.05, 3.63) is 0 Å². The van der Waals surface area contributed by atoms with Gasteiger partial charge in [0.25, 0.3) is 0 Å². The predicted octanol–water partition coefficient (Wildman–Crippen LogP) is 2.59. The lowest BCUT2D eigenvalue weighted by Gasteiger charge is -2.26. The molecule has 0 heterocycles. The zero-order valence-electron chi connectivity index (χ0n) is 22.8. The molecule has 0 aliphatic rings. The van der Waals surface area contributed by atoms with Crippen molar-refractivity contribution in [3.8, 4) is 0 Å². The Kier molecular flexibility index (Phi) is 24.9. The Balaban J connectivity index is 3.96. The third kappa shape index (κ3) is 21.8. The molecule has 0 aromatic heterocycles. The van der Waals surface area contributed by atoms with Crippen molar-refractivity contribution in [2.45, 2.75) is 141 Å². The molecule has 0 saturated carbocycles. The summed E-state index contributed by atoms with van der Waals surface area (Å²) in [5, 5.41) is 55.5. The number of hydrogen-bond donors (Lipinski definition) is 6. The van der Waals surface area contributed by atoms with Gasteiger partial charge in [-0.3, -0.25) is 4.79 Å². The van der Waals surface area contributed by atoms with E-state index in [1.165, 1.54) is 70.6 Å². The first-order chi connectivity index (χ1) is 17.8. The van der Waals surface area contributed by atoms with Crippen molar-refractivity contribution in [2.75, 3.05) is 19.8 Å². The molecule has 0 aromatic rings. The maximum Gasteiger partial charge on any atom is 0.634 e. The molecule has 0 aliphatic heterocycles. The van der Waals surface area contributed by atoms with Crippen LogP contribution >= 0.6 is 0 Å². The molecule has 0 saturated heterocycles. The molecule has 37 heavy (non-hydrogen) atoms. The molecule has 0 radical (unpaired) electrons. The molecule has 11 heteroatoms. The van der Waals surface area contributed by atoms with E-state index in [1.54, 1.807) is 0 Å². The second-order valence-electron chi connectivity index (χ2n) is 9.71. The minimum Gasteiger partial charge on any atom is -0.457 e. The summed E-state index contributed by atoms with van der Waals surface area (Å²) in [7, 11) is -2.17. The molecule has 0 aliphatic carbocycles. The topological polar surface area (TPSA) is 166 Å². The van der Waals surface area contributed by atoms with Crippen molar-refractivity contribution >= 4 is 13.3 Å². The summed E-state index contributed by atoms with van der Waals surface area (Å²) in [6.07, 6.45) is 13.0. The first kappa shape index (κ1) is 36.2. The Morgan fingerprint density at radius 2 is 1.22 bits per heavy atom. The molecule has 0 fully saturated rings. The molecule has 6 N–H and O–H groups in total. The lowest BCUT2D eigenvalue weighted by Crippen LogP contribution is -2.41. The predicted molar refractivity (Wildman–Crippen MR) is 141 cm³/mol. The first-order valence-electron chi connectivity index (χ1n) is 14.3. The Bertz CT molecular complexity index is 512. The van der Waals surface area contributed by atoms with E-state index in [2.05, 4.69) is 6.92 Å². The number of unbranched alkanes of at least 4 members (excludes halogenated alkanes) is 14. The highest BCUT2D eigenvalue weighted by Crippen LogP contribution is 2.15. The summed E-state index contributed by atoms with van der Waals surface area (Å²) in [5.41, 5.74) is 0. The Morgan fingerprint density at radius 1 is 0.730 bits per heavy atom. The molecular weight excluding hydrogens is 483 g/mol. The molecule has 0 bridgehead atoms. The Hall–Kier alpha value is -0.785. The SMILES string of the molecule is CCCCCCCCCCCCCCCCCC(=O)OC(CO)C(CCOC(O)C(O)CO)OB(O)O. The van der Waals surface area contributed by atoms with Gasteiger partial charge in [0.15, 0.2) is 6.29 Å². The molecule has 10 nitrogen and oxygen atoms in total. The Labute approximate surface area is 223 Å². The van der Waals surface area contributed by atoms with Gasteiger partial charge in [-0.05, 0) is 12.8 Å². The van der Waals surface area contributed by atoms with Crippen LogP contribution in [0.1, 0.15) is 116 Å².